The number of carbonyl (C=O) groups is 1. The van der Waals surface area contributed by atoms with E-state index in [1.807, 2.05) is 26.1 Å². The highest BCUT2D eigenvalue weighted by Crippen LogP contribution is 2.39. The van der Waals surface area contributed by atoms with E-state index < -0.39 is 0 Å². The van der Waals surface area contributed by atoms with Crippen LogP contribution in [0.5, 0.6) is 0 Å². The van der Waals surface area contributed by atoms with Gasteiger partial charge in [-0.15, -0.1) is 11.8 Å². The van der Waals surface area contributed by atoms with Gasteiger partial charge in [-0.1, -0.05) is 6.07 Å². The molecule has 0 fully saturated rings. The van der Waals surface area contributed by atoms with Crippen LogP contribution in [0.25, 0.3) is 0 Å². The third kappa shape index (κ3) is 2.35. The van der Waals surface area contributed by atoms with Crippen LogP contribution in [0, 0.1) is 11.3 Å². The number of nitrogens with zero attached hydrogens (tertiary/aromatic N) is 2. The lowest BCUT2D eigenvalue weighted by Gasteiger charge is -2.31. The van der Waals surface area contributed by atoms with Crippen LogP contribution < -0.4 is 10.2 Å². The first-order valence-corrected chi connectivity index (χ1v) is 6.68. The average molecular weight is 261 g/mol. The van der Waals surface area contributed by atoms with Gasteiger partial charge in [0.25, 0.3) is 0 Å². The van der Waals surface area contributed by atoms with Gasteiger partial charge in [-0.3, -0.25) is 9.69 Å². The van der Waals surface area contributed by atoms with Gasteiger partial charge in [-0.2, -0.15) is 5.26 Å². The topological polar surface area (TPSA) is 56.1 Å². The molecule has 18 heavy (non-hydrogen) atoms. The first kappa shape index (κ1) is 12.9. The molecule has 0 aliphatic carbocycles. The molecule has 1 N–H and O–H groups in total. The quantitative estimate of drug-likeness (QED) is 0.842. The summed E-state index contributed by atoms with van der Waals surface area (Å²) in [7, 11) is 1.88. The Morgan fingerprint density at radius 2 is 2.33 bits per heavy atom. The maximum atomic E-state index is 12.1. The van der Waals surface area contributed by atoms with E-state index in [9.17, 15) is 4.79 Å². The number of rotatable bonds is 3. The number of anilines is 1. The molecule has 0 saturated heterocycles. The Hall–Kier alpha value is -1.51. The molecule has 0 radical (unpaired) electrons. The second kappa shape index (κ2) is 5.42. The summed E-state index contributed by atoms with van der Waals surface area (Å²) < 4.78 is 0. The predicted octanol–water partition coefficient (Wildman–Crippen LogP) is 1.76. The van der Waals surface area contributed by atoms with Gasteiger partial charge in [0.05, 0.1) is 17.0 Å². The van der Waals surface area contributed by atoms with Crippen molar-refractivity contribution in [2.24, 2.45) is 0 Å². The number of benzene rings is 1. The zero-order valence-electron chi connectivity index (χ0n) is 10.4. The number of nitrogens with one attached hydrogen (secondary N) is 1. The lowest BCUT2D eigenvalue weighted by molar-refractivity contribution is -0.117. The first-order chi connectivity index (χ1) is 8.67. The molecule has 0 spiro atoms. The number of hydrogen-bond acceptors (Lipinski definition) is 4. The Bertz CT molecular complexity index is 509. The maximum absolute atomic E-state index is 12.1. The minimum Gasteiger partial charge on any atom is -0.316 e. The highest BCUT2D eigenvalue weighted by molar-refractivity contribution is 8.00. The van der Waals surface area contributed by atoms with Gasteiger partial charge < -0.3 is 5.32 Å². The van der Waals surface area contributed by atoms with Crippen molar-refractivity contribution in [1.82, 2.24) is 5.32 Å². The molecule has 0 bridgehead atoms. The molecule has 1 aromatic carbocycles. The zero-order chi connectivity index (χ0) is 13.1. The highest BCUT2D eigenvalue weighted by atomic mass is 32.2. The number of amides is 1. The van der Waals surface area contributed by atoms with Crippen molar-refractivity contribution in [2.75, 3.05) is 18.5 Å². The summed E-state index contributed by atoms with van der Waals surface area (Å²) in [5.41, 5.74) is 1.97. The molecular weight excluding hydrogens is 246 g/mol. The van der Waals surface area contributed by atoms with Crippen molar-refractivity contribution in [1.29, 1.82) is 5.26 Å². The molecule has 1 aliphatic heterocycles. The first-order valence-electron chi connectivity index (χ1n) is 5.80. The molecule has 1 atom stereocenters. The summed E-state index contributed by atoms with van der Waals surface area (Å²) in [4.78, 5) is 14.7. The normalized spacial score (nSPS) is 18.4. The van der Waals surface area contributed by atoms with Crippen LogP contribution in [0.3, 0.4) is 0 Å². The van der Waals surface area contributed by atoms with E-state index in [1.54, 1.807) is 16.7 Å². The van der Waals surface area contributed by atoms with Gasteiger partial charge in [0, 0.05) is 11.4 Å². The van der Waals surface area contributed by atoms with E-state index in [0.29, 0.717) is 0 Å². The average Bonchev–Trinajstić information content (AvgIpc) is 2.36. The SMILES string of the molecule is CNCc1ccc2c(c1)N(CC#N)C(=O)C(C)S2. The fourth-order valence-corrected chi connectivity index (χ4v) is 3.05. The van der Waals surface area contributed by atoms with Crippen LogP contribution in [0.1, 0.15) is 12.5 Å². The number of nitriles is 1. The van der Waals surface area contributed by atoms with Crippen LogP contribution in [0.2, 0.25) is 0 Å². The molecule has 1 amide bonds. The van der Waals surface area contributed by atoms with E-state index in [4.69, 9.17) is 5.26 Å². The summed E-state index contributed by atoms with van der Waals surface area (Å²) in [5, 5.41) is 11.8. The molecule has 1 heterocycles. The van der Waals surface area contributed by atoms with Gasteiger partial charge in [0.15, 0.2) is 0 Å². The Kier molecular flexibility index (Phi) is 3.90. The molecule has 1 aliphatic rings. The largest absolute Gasteiger partial charge is 0.316 e. The standard InChI is InChI=1S/C13H15N3OS/c1-9-13(17)16(6-5-14)11-7-10(8-15-2)3-4-12(11)18-9/h3-4,7,9,15H,6,8H2,1-2H3. The lowest BCUT2D eigenvalue weighted by atomic mass is 10.1. The molecule has 2 rings (SSSR count). The lowest BCUT2D eigenvalue weighted by Crippen LogP contribution is -2.40. The minimum absolute atomic E-state index is 0.00987. The molecular formula is C13H15N3OS. The minimum atomic E-state index is -0.124. The molecule has 5 heteroatoms. The van der Waals surface area contributed by atoms with E-state index in [2.05, 4.69) is 17.5 Å². The van der Waals surface area contributed by atoms with Crippen molar-refractivity contribution in [3.8, 4) is 6.07 Å². The van der Waals surface area contributed by atoms with Crippen molar-refractivity contribution in [3.63, 3.8) is 0 Å². The number of thioether (sulfide) groups is 1. The second-order valence-electron chi connectivity index (χ2n) is 4.17. The van der Waals surface area contributed by atoms with Gasteiger partial charge in [0.2, 0.25) is 5.91 Å². The second-order valence-corrected chi connectivity index (χ2v) is 5.56. The molecule has 4 nitrogen and oxygen atoms in total. The van der Waals surface area contributed by atoms with E-state index in [-0.39, 0.29) is 17.7 Å². The maximum Gasteiger partial charge on any atom is 0.241 e. The third-order valence-corrected chi connectivity index (χ3v) is 4.00. The summed E-state index contributed by atoms with van der Waals surface area (Å²) in [5.74, 6) is 0.00987. The molecule has 1 unspecified atom stereocenters. The Morgan fingerprint density at radius 3 is 3.00 bits per heavy atom. The Morgan fingerprint density at radius 1 is 1.56 bits per heavy atom. The molecule has 0 aromatic heterocycles. The summed E-state index contributed by atoms with van der Waals surface area (Å²) in [6.07, 6.45) is 0. The summed E-state index contributed by atoms with van der Waals surface area (Å²) in [6, 6.07) is 8.13. The number of carbonyl (C=O) groups excluding carboxylic acids is 1. The van der Waals surface area contributed by atoms with Crippen LogP contribution >= 0.6 is 11.8 Å². The van der Waals surface area contributed by atoms with E-state index in [0.717, 1.165) is 22.7 Å². The third-order valence-electron chi connectivity index (χ3n) is 2.84. The number of hydrogen-bond donors (Lipinski definition) is 1. The molecule has 0 saturated carbocycles. The van der Waals surface area contributed by atoms with E-state index >= 15 is 0 Å². The van der Waals surface area contributed by atoms with E-state index in [1.165, 1.54) is 0 Å². The predicted molar refractivity (Wildman–Crippen MR) is 72.5 cm³/mol. The highest BCUT2D eigenvalue weighted by Gasteiger charge is 2.30. The van der Waals surface area contributed by atoms with Crippen LogP contribution in [0.15, 0.2) is 23.1 Å². The van der Waals surface area contributed by atoms with Crippen molar-refractivity contribution < 1.29 is 4.79 Å². The van der Waals surface area contributed by atoms with Crippen molar-refractivity contribution >= 4 is 23.4 Å². The monoisotopic (exact) mass is 261 g/mol. The van der Waals surface area contributed by atoms with Crippen LogP contribution in [0.4, 0.5) is 5.69 Å². The zero-order valence-corrected chi connectivity index (χ0v) is 11.3. The van der Waals surface area contributed by atoms with Crippen LogP contribution in [-0.4, -0.2) is 24.7 Å². The Labute approximate surface area is 111 Å². The fraction of sp³-hybridized carbons (Fsp3) is 0.385. The molecule has 94 valence electrons. The van der Waals surface area contributed by atoms with Gasteiger partial charge >= 0.3 is 0 Å². The summed E-state index contributed by atoms with van der Waals surface area (Å²) >= 11 is 1.56. The van der Waals surface area contributed by atoms with Crippen molar-refractivity contribution in [3.05, 3.63) is 23.8 Å². The van der Waals surface area contributed by atoms with Crippen LogP contribution in [-0.2, 0) is 11.3 Å². The summed E-state index contributed by atoms with van der Waals surface area (Å²) in [6.45, 7) is 2.74. The fourth-order valence-electron chi connectivity index (χ4n) is 2.00. The van der Waals surface area contributed by atoms with Gasteiger partial charge in [-0.05, 0) is 31.7 Å². The van der Waals surface area contributed by atoms with Crippen molar-refractivity contribution in [2.45, 2.75) is 23.6 Å². The molecule has 1 aromatic rings. The number of fused-ring (bicyclic) bond motifs is 1. The van der Waals surface area contributed by atoms with Gasteiger partial charge in [-0.25, -0.2) is 0 Å². The smallest absolute Gasteiger partial charge is 0.241 e. The van der Waals surface area contributed by atoms with Gasteiger partial charge in [0.1, 0.15) is 6.54 Å². The Balaban J connectivity index is 2.42.